The summed E-state index contributed by atoms with van der Waals surface area (Å²) >= 11 is 0. The van der Waals surface area contributed by atoms with Crippen LogP contribution < -0.4 is 9.64 Å². The standard InChI is InChI=1S/C13H19NO4/c1-14(9-10(15)7-8-13(16)17)11-5-3-4-6-12(11)18-2/h3-6,10,15H,7-9H2,1-2H3,(H,16,17). The molecule has 2 N–H and O–H groups in total. The van der Waals surface area contributed by atoms with E-state index in [0.717, 1.165) is 11.4 Å². The van der Waals surface area contributed by atoms with Gasteiger partial charge in [0.25, 0.3) is 0 Å². The van der Waals surface area contributed by atoms with Crippen LogP contribution >= 0.6 is 0 Å². The third-order valence-electron chi connectivity index (χ3n) is 2.67. The van der Waals surface area contributed by atoms with E-state index in [1.54, 1.807) is 7.11 Å². The lowest BCUT2D eigenvalue weighted by Crippen LogP contribution is -2.29. The first kappa shape index (κ1) is 14.3. The summed E-state index contributed by atoms with van der Waals surface area (Å²) < 4.78 is 5.23. The third kappa shape index (κ3) is 4.25. The number of anilines is 1. The number of benzene rings is 1. The second kappa shape index (κ2) is 6.86. The smallest absolute Gasteiger partial charge is 0.303 e. The lowest BCUT2D eigenvalue weighted by atomic mass is 10.2. The van der Waals surface area contributed by atoms with Gasteiger partial charge in [-0.05, 0) is 18.6 Å². The van der Waals surface area contributed by atoms with Crippen LogP contribution in [0.3, 0.4) is 0 Å². The maximum atomic E-state index is 10.4. The van der Waals surface area contributed by atoms with Gasteiger partial charge in [0.2, 0.25) is 0 Å². The number of carbonyl (C=O) groups is 1. The summed E-state index contributed by atoms with van der Waals surface area (Å²) in [5.41, 5.74) is 0.870. The number of para-hydroxylation sites is 2. The Morgan fingerprint density at radius 2 is 2.11 bits per heavy atom. The highest BCUT2D eigenvalue weighted by atomic mass is 16.5. The van der Waals surface area contributed by atoms with Crippen LogP contribution in [0.15, 0.2) is 24.3 Å². The second-order valence-electron chi connectivity index (χ2n) is 4.14. The molecule has 1 unspecified atom stereocenters. The highest BCUT2D eigenvalue weighted by Crippen LogP contribution is 2.26. The van der Waals surface area contributed by atoms with Crippen LogP contribution in [0, 0.1) is 0 Å². The van der Waals surface area contributed by atoms with E-state index in [1.165, 1.54) is 0 Å². The molecule has 0 radical (unpaired) electrons. The zero-order valence-electron chi connectivity index (χ0n) is 10.7. The molecular weight excluding hydrogens is 234 g/mol. The Balaban J connectivity index is 2.58. The van der Waals surface area contributed by atoms with Crippen molar-refractivity contribution in [3.63, 3.8) is 0 Å². The number of hydrogen-bond donors (Lipinski definition) is 2. The van der Waals surface area contributed by atoms with Crippen molar-refractivity contribution in [2.75, 3.05) is 25.6 Å². The van der Waals surface area contributed by atoms with Crippen LogP contribution in [0.5, 0.6) is 5.75 Å². The fourth-order valence-electron chi connectivity index (χ4n) is 1.74. The van der Waals surface area contributed by atoms with Gasteiger partial charge in [-0.3, -0.25) is 4.79 Å². The number of carboxylic acids is 1. The fraction of sp³-hybridized carbons (Fsp3) is 0.462. The highest BCUT2D eigenvalue weighted by molar-refractivity contribution is 5.66. The molecule has 0 fully saturated rings. The van der Waals surface area contributed by atoms with Crippen molar-refractivity contribution in [3.8, 4) is 5.75 Å². The molecule has 0 aliphatic heterocycles. The number of methoxy groups -OCH3 is 1. The van der Waals surface area contributed by atoms with E-state index in [0.29, 0.717) is 6.54 Å². The zero-order chi connectivity index (χ0) is 13.5. The highest BCUT2D eigenvalue weighted by Gasteiger charge is 2.13. The van der Waals surface area contributed by atoms with Crippen molar-refractivity contribution in [2.45, 2.75) is 18.9 Å². The van der Waals surface area contributed by atoms with Crippen molar-refractivity contribution in [3.05, 3.63) is 24.3 Å². The number of likely N-dealkylation sites (N-methyl/N-ethyl adjacent to an activating group) is 1. The third-order valence-corrected chi connectivity index (χ3v) is 2.67. The Bertz CT molecular complexity index is 394. The van der Waals surface area contributed by atoms with Crippen LogP contribution in [0.25, 0.3) is 0 Å². The Labute approximate surface area is 107 Å². The van der Waals surface area contributed by atoms with Crippen LogP contribution in [0.1, 0.15) is 12.8 Å². The Hall–Kier alpha value is -1.75. The minimum atomic E-state index is -0.894. The molecule has 5 nitrogen and oxygen atoms in total. The number of rotatable bonds is 7. The first-order valence-electron chi connectivity index (χ1n) is 5.78. The largest absolute Gasteiger partial charge is 0.495 e. The van der Waals surface area contributed by atoms with Gasteiger partial charge in [0.1, 0.15) is 5.75 Å². The predicted octanol–water partition coefficient (Wildman–Crippen LogP) is 1.36. The predicted molar refractivity (Wildman–Crippen MR) is 69.1 cm³/mol. The topological polar surface area (TPSA) is 70.0 Å². The monoisotopic (exact) mass is 253 g/mol. The summed E-state index contributed by atoms with van der Waals surface area (Å²) in [6, 6.07) is 7.49. The summed E-state index contributed by atoms with van der Waals surface area (Å²) in [5, 5.41) is 18.3. The molecule has 0 aliphatic rings. The summed E-state index contributed by atoms with van der Waals surface area (Å²) in [6.07, 6.45) is -0.452. The number of aliphatic hydroxyl groups excluding tert-OH is 1. The van der Waals surface area contributed by atoms with Gasteiger partial charge in [0.15, 0.2) is 0 Å². The number of carboxylic acid groups (broad SMARTS) is 1. The van der Waals surface area contributed by atoms with Crippen molar-refractivity contribution >= 4 is 11.7 Å². The van der Waals surface area contributed by atoms with Gasteiger partial charge in [0.05, 0.1) is 18.9 Å². The second-order valence-corrected chi connectivity index (χ2v) is 4.14. The molecule has 1 atom stereocenters. The lowest BCUT2D eigenvalue weighted by Gasteiger charge is -2.24. The average Bonchev–Trinajstić information content (AvgIpc) is 2.36. The van der Waals surface area contributed by atoms with E-state index in [1.807, 2.05) is 36.2 Å². The lowest BCUT2D eigenvalue weighted by molar-refractivity contribution is -0.137. The molecule has 1 rings (SSSR count). The molecule has 1 aromatic carbocycles. The number of aliphatic carboxylic acids is 1. The molecule has 1 aromatic rings. The van der Waals surface area contributed by atoms with Crippen LogP contribution in [0.4, 0.5) is 5.69 Å². The van der Waals surface area contributed by atoms with Crippen molar-refractivity contribution < 1.29 is 19.7 Å². The van der Waals surface area contributed by atoms with E-state index in [4.69, 9.17) is 9.84 Å². The van der Waals surface area contributed by atoms with Crippen LogP contribution in [-0.4, -0.2) is 43.0 Å². The van der Waals surface area contributed by atoms with Gasteiger partial charge in [-0.25, -0.2) is 0 Å². The van der Waals surface area contributed by atoms with Gasteiger partial charge in [0, 0.05) is 20.0 Å². The van der Waals surface area contributed by atoms with E-state index in [9.17, 15) is 9.90 Å². The maximum absolute atomic E-state index is 10.4. The molecule has 0 aliphatic carbocycles. The molecule has 18 heavy (non-hydrogen) atoms. The van der Waals surface area contributed by atoms with E-state index in [-0.39, 0.29) is 12.8 Å². The summed E-state index contributed by atoms with van der Waals surface area (Å²) in [6.45, 7) is 0.369. The molecule has 0 saturated heterocycles. The minimum Gasteiger partial charge on any atom is -0.495 e. The van der Waals surface area contributed by atoms with Crippen molar-refractivity contribution in [2.24, 2.45) is 0 Å². The van der Waals surface area contributed by atoms with Crippen molar-refractivity contribution in [1.82, 2.24) is 0 Å². The molecule has 0 spiro atoms. The van der Waals surface area contributed by atoms with Gasteiger partial charge in [-0.15, -0.1) is 0 Å². The normalized spacial score (nSPS) is 11.9. The molecule has 100 valence electrons. The fourth-order valence-corrected chi connectivity index (χ4v) is 1.74. The number of aliphatic hydroxyl groups is 1. The van der Waals surface area contributed by atoms with Crippen LogP contribution in [-0.2, 0) is 4.79 Å². The molecule has 0 saturated carbocycles. The number of nitrogens with zero attached hydrogens (tertiary/aromatic N) is 1. The van der Waals surface area contributed by atoms with Gasteiger partial charge in [-0.1, -0.05) is 12.1 Å². The summed E-state index contributed by atoms with van der Waals surface area (Å²) in [5.74, 6) is -0.167. The molecule has 0 amide bonds. The SMILES string of the molecule is COc1ccccc1N(C)CC(O)CCC(=O)O. The maximum Gasteiger partial charge on any atom is 0.303 e. The number of ether oxygens (including phenoxy) is 1. The minimum absolute atomic E-state index is 0.0269. The molecule has 0 bridgehead atoms. The molecule has 5 heteroatoms. The summed E-state index contributed by atoms with van der Waals surface area (Å²) in [4.78, 5) is 12.3. The van der Waals surface area contributed by atoms with Crippen LogP contribution in [0.2, 0.25) is 0 Å². The van der Waals surface area contributed by atoms with Gasteiger partial charge < -0.3 is 19.8 Å². The Kier molecular flexibility index (Phi) is 5.45. The first-order chi connectivity index (χ1) is 8.54. The van der Waals surface area contributed by atoms with Gasteiger partial charge >= 0.3 is 5.97 Å². The molecular formula is C13H19NO4. The Morgan fingerprint density at radius 3 is 2.72 bits per heavy atom. The van der Waals surface area contributed by atoms with E-state index >= 15 is 0 Å². The first-order valence-corrected chi connectivity index (χ1v) is 5.78. The summed E-state index contributed by atoms with van der Waals surface area (Å²) in [7, 11) is 3.43. The van der Waals surface area contributed by atoms with E-state index < -0.39 is 12.1 Å². The quantitative estimate of drug-likeness (QED) is 0.767. The Morgan fingerprint density at radius 1 is 1.44 bits per heavy atom. The molecule has 0 aromatic heterocycles. The van der Waals surface area contributed by atoms with E-state index in [2.05, 4.69) is 0 Å². The molecule has 0 heterocycles. The number of hydrogen-bond acceptors (Lipinski definition) is 4. The van der Waals surface area contributed by atoms with Crippen molar-refractivity contribution in [1.29, 1.82) is 0 Å². The van der Waals surface area contributed by atoms with Gasteiger partial charge in [-0.2, -0.15) is 0 Å². The zero-order valence-corrected chi connectivity index (χ0v) is 10.7. The average molecular weight is 253 g/mol.